The SMILES string of the molecule is O=C(ONCCO)OC1CCNC(c2ccccc2)C1. The topological polar surface area (TPSA) is 79.8 Å². The lowest BCUT2D eigenvalue weighted by atomic mass is 9.95. The molecule has 0 amide bonds. The maximum atomic E-state index is 11.4. The van der Waals surface area contributed by atoms with E-state index in [4.69, 9.17) is 9.84 Å². The van der Waals surface area contributed by atoms with Gasteiger partial charge in [-0.05, 0) is 18.5 Å². The van der Waals surface area contributed by atoms with Gasteiger partial charge in [-0.1, -0.05) is 30.3 Å². The van der Waals surface area contributed by atoms with Crippen molar-refractivity contribution < 1.29 is 19.5 Å². The minimum atomic E-state index is -0.753. The average Bonchev–Trinajstić information content (AvgIpc) is 2.49. The molecule has 0 spiro atoms. The van der Waals surface area contributed by atoms with Crippen LogP contribution in [0, 0.1) is 0 Å². The van der Waals surface area contributed by atoms with Crippen molar-refractivity contribution in [2.24, 2.45) is 0 Å². The zero-order valence-electron chi connectivity index (χ0n) is 11.2. The standard InChI is InChI=1S/C14H20N2O4/c17-9-8-16-20-14(18)19-12-6-7-15-13(10-12)11-4-2-1-3-5-11/h1-5,12-13,15-17H,6-10H2. The first kappa shape index (κ1) is 14.8. The highest BCUT2D eigenvalue weighted by Crippen LogP contribution is 2.24. The summed E-state index contributed by atoms with van der Waals surface area (Å²) in [5.41, 5.74) is 3.51. The summed E-state index contributed by atoms with van der Waals surface area (Å²) in [5.74, 6) is 0. The Labute approximate surface area is 118 Å². The summed E-state index contributed by atoms with van der Waals surface area (Å²) in [6.45, 7) is 0.881. The van der Waals surface area contributed by atoms with E-state index < -0.39 is 6.16 Å². The summed E-state index contributed by atoms with van der Waals surface area (Å²) in [5, 5.41) is 12.0. The molecule has 1 heterocycles. The molecular weight excluding hydrogens is 260 g/mol. The van der Waals surface area contributed by atoms with Gasteiger partial charge in [0, 0.05) is 12.5 Å². The second-order valence-electron chi connectivity index (χ2n) is 4.65. The van der Waals surface area contributed by atoms with Crippen LogP contribution >= 0.6 is 0 Å². The molecule has 1 saturated heterocycles. The molecule has 2 rings (SSSR count). The Balaban J connectivity index is 1.80. The number of aliphatic hydroxyl groups is 1. The van der Waals surface area contributed by atoms with E-state index in [1.165, 1.54) is 5.56 Å². The third-order valence-electron chi connectivity index (χ3n) is 3.19. The summed E-state index contributed by atoms with van der Waals surface area (Å²) < 4.78 is 5.24. The summed E-state index contributed by atoms with van der Waals surface area (Å²) >= 11 is 0. The van der Waals surface area contributed by atoms with Gasteiger partial charge < -0.3 is 20.0 Å². The molecule has 1 aromatic rings. The minimum absolute atomic E-state index is 0.100. The van der Waals surface area contributed by atoms with Crippen LogP contribution in [0.25, 0.3) is 0 Å². The zero-order chi connectivity index (χ0) is 14.2. The monoisotopic (exact) mass is 280 g/mol. The number of rotatable bonds is 5. The fourth-order valence-electron chi connectivity index (χ4n) is 2.24. The molecule has 2 atom stereocenters. The lowest BCUT2D eigenvalue weighted by Gasteiger charge is -2.30. The van der Waals surface area contributed by atoms with E-state index in [2.05, 4.69) is 27.8 Å². The first-order valence-electron chi connectivity index (χ1n) is 6.79. The number of aliphatic hydroxyl groups excluding tert-OH is 1. The predicted octanol–water partition coefficient (Wildman–Crippen LogP) is 1.13. The van der Waals surface area contributed by atoms with E-state index in [0.717, 1.165) is 19.4 Å². The second kappa shape index (κ2) is 7.84. The van der Waals surface area contributed by atoms with Crippen molar-refractivity contribution in [2.45, 2.75) is 25.0 Å². The smallest absolute Gasteiger partial charge is 0.430 e. The molecule has 0 aliphatic carbocycles. The van der Waals surface area contributed by atoms with Gasteiger partial charge in [0.05, 0.1) is 13.2 Å². The lowest BCUT2D eigenvalue weighted by molar-refractivity contribution is -0.0210. The van der Waals surface area contributed by atoms with Crippen LogP contribution < -0.4 is 10.8 Å². The van der Waals surface area contributed by atoms with Crippen molar-refractivity contribution in [3.8, 4) is 0 Å². The van der Waals surface area contributed by atoms with Crippen LogP contribution in [0.4, 0.5) is 4.79 Å². The van der Waals surface area contributed by atoms with Crippen LogP contribution in [0.2, 0.25) is 0 Å². The second-order valence-corrected chi connectivity index (χ2v) is 4.65. The normalized spacial score (nSPS) is 22.2. The van der Waals surface area contributed by atoms with Crippen molar-refractivity contribution in [1.29, 1.82) is 0 Å². The molecule has 3 N–H and O–H groups in total. The van der Waals surface area contributed by atoms with Gasteiger partial charge in [0.2, 0.25) is 0 Å². The predicted molar refractivity (Wildman–Crippen MR) is 72.9 cm³/mol. The van der Waals surface area contributed by atoms with E-state index in [0.29, 0.717) is 0 Å². The van der Waals surface area contributed by atoms with Crippen molar-refractivity contribution in [2.75, 3.05) is 19.7 Å². The highest BCUT2D eigenvalue weighted by atomic mass is 16.8. The third-order valence-corrected chi connectivity index (χ3v) is 3.19. The van der Waals surface area contributed by atoms with Gasteiger partial charge in [-0.2, -0.15) is 0 Å². The van der Waals surface area contributed by atoms with E-state index in [-0.39, 0.29) is 25.3 Å². The molecule has 6 nitrogen and oxygen atoms in total. The number of benzene rings is 1. The number of hydroxylamine groups is 1. The van der Waals surface area contributed by atoms with E-state index in [1.807, 2.05) is 18.2 Å². The fourth-order valence-corrected chi connectivity index (χ4v) is 2.24. The number of hydrogen-bond donors (Lipinski definition) is 3. The molecule has 110 valence electrons. The van der Waals surface area contributed by atoms with E-state index >= 15 is 0 Å². The van der Waals surface area contributed by atoms with Crippen molar-refractivity contribution >= 4 is 6.16 Å². The molecular formula is C14H20N2O4. The molecule has 0 aromatic heterocycles. The maximum Gasteiger partial charge on any atom is 0.527 e. The Morgan fingerprint density at radius 3 is 2.95 bits per heavy atom. The molecule has 6 heteroatoms. The average molecular weight is 280 g/mol. The highest BCUT2D eigenvalue weighted by Gasteiger charge is 2.25. The quantitative estimate of drug-likeness (QED) is 0.426. The number of piperidine rings is 1. The van der Waals surface area contributed by atoms with Crippen LogP contribution in [0.5, 0.6) is 0 Å². The van der Waals surface area contributed by atoms with Gasteiger partial charge in [-0.3, -0.25) is 0 Å². The Morgan fingerprint density at radius 1 is 1.40 bits per heavy atom. The van der Waals surface area contributed by atoms with Gasteiger partial charge in [-0.25, -0.2) is 4.79 Å². The van der Waals surface area contributed by atoms with Gasteiger partial charge in [0.15, 0.2) is 0 Å². The van der Waals surface area contributed by atoms with Crippen molar-refractivity contribution in [1.82, 2.24) is 10.8 Å². The fraction of sp³-hybridized carbons (Fsp3) is 0.500. The van der Waals surface area contributed by atoms with Gasteiger partial charge in [0.25, 0.3) is 0 Å². The number of carbonyl (C=O) groups is 1. The summed E-state index contributed by atoms with van der Waals surface area (Å²) in [6, 6.07) is 10.3. The van der Waals surface area contributed by atoms with Crippen LogP contribution in [0.15, 0.2) is 30.3 Å². The van der Waals surface area contributed by atoms with Gasteiger partial charge in [0.1, 0.15) is 6.10 Å². The number of hydrogen-bond acceptors (Lipinski definition) is 6. The van der Waals surface area contributed by atoms with Gasteiger partial charge in [-0.15, -0.1) is 5.48 Å². The van der Waals surface area contributed by atoms with Crippen LogP contribution in [-0.4, -0.2) is 37.1 Å². The zero-order valence-corrected chi connectivity index (χ0v) is 11.2. The Kier molecular flexibility index (Phi) is 5.79. The molecule has 2 unspecified atom stereocenters. The van der Waals surface area contributed by atoms with E-state index in [9.17, 15) is 4.79 Å². The molecule has 0 saturated carbocycles. The lowest BCUT2D eigenvalue weighted by Crippen LogP contribution is -2.37. The first-order chi connectivity index (χ1) is 9.79. The third kappa shape index (κ3) is 4.48. The number of ether oxygens (including phenoxy) is 1. The molecule has 0 radical (unpaired) electrons. The molecule has 1 fully saturated rings. The first-order valence-corrected chi connectivity index (χ1v) is 6.79. The van der Waals surface area contributed by atoms with Crippen LogP contribution in [-0.2, 0) is 9.57 Å². The molecule has 1 aliphatic heterocycles. The molecule has 0 bridgehead atoms. The minimum Gasteiger partial charge on any atom is -0.430 e. The summed E-state index contributed by atoms with van der Waals surface area (Å²) in [7, 11) is 0. The van der Waals surface area contributed by atoms with Gasteiger partial charge >= 0.3 is 6.16 Å². The molecule has 1 aromatic carbocycles. The van der Waals surface area contributed by atoms with Crippen LogP contribution in [0.1, 0.15) is 24.4 Å². The number of nitrogens with one attached hydrogen (secondary N) is 2. The van der Waals surface area contributed by atoms with Crippen LogP contribution in [0.3, 0.4) is 0 Å². The summed E-state index contributed by atoms with van der Waals surface area (Å²) in [4.78, 5) is 16.1. The van der Waals surface area contributed by atoms with Crippen molar-refractivity contribution in [3.63, 3.8) is 0 Å². The van der Waals surface area contributed by atoms with Crippen molar-refractivity contribution in [3.05, 3.63) is 35.9 Å². The number of carbonyl (C=O) groups excluding carboxylic acids is 1. The highest BCUT2D eigenvalue weighted by molar-refractivity contribution is 5.59. The summed E-state index contributed by atoms with van der Waals surface area (Å²) in [6.07, 6.45) is 0.569. The molecule has 20 heavy (non-hydrogen) atoms. The van der Waals surface area contributed by atoms with E-state index in [1.54, 1.807) is 0 Å². The Bertz CT molecular complexity index is 413. The Hall–Kier alpha value is -1.63. The Morgan fingerprint density at radius 2 is 2.20 bits per heavy atom. The molecule has 1 aliphatic rings. The maximum absolute atomic E-state index is 11.4. The largest absolute Gasteiger partial charge is 0.527 e.